The van der Waals surface area contributed by atoms with E-state index in [-0.39, 0.29) is 17.8 Å². The van der Waals surface area contributed by atoms with Crippen LogP contribution in [-0.4, -0.2) is 19.0 Å². The van der Waals surface area contributed by atoms with Gasteiger partial charge in [-0.2, -0.15) is 0 Å². The molecule has 0 saturated heterocycles. The van der Waals surface area contributed by atoms with Crippen molar-refractivity contribution in [2.45, 2.75) is 19.3 Å². The Bertz CT molecular complexity index is 742. The zero-order valence-corrected chi connectivity index (χ0v) is 13.8. The maximum atomic E-state index is 13.1. The summed E-state index contributed by atoms with van der Waals surface area (Å²) < 4.78 is 13.1. The van der Waals surface area contributed by atoms with Crippen molar-refractivity contribution in [3.63, 3.8) is 0 Å². The molecule has 3 N–H and O–H groups in total. The average molecular weight is 329 g/mol. The van der Waals surface area contributed by atoms with Crippen LogP contribution >= 0.6 is 0 Å². The number of halogens is 1. The number of hydrogen-bond acceptors (Lipinski definition) is 2. The Morgan fingerprint density at radius 3 is 2.12 bits per heavy atom. The molecule has 0 heterocycles. The quantitative estimate of drug-likeness (QED) is 0.803. The Hall–Kier alpha value is -2.89. The van der Waals surface area contributed by atoms with E-state index < -0.39 is 5.41 Å². The molecule has 2 aromatic rings. The van der Waals surface area contributed by atoms with Gasteiger partial charge in [0.1, 0.15) is 5.82 Å². The first-order valence-electron chi connectivity index (χ1n) is 7.49. The van der Waals surface area contributed by atoms with Crippen LogP contribution < -0.4 is 16.0 Å². The minimum atomic E-state index is -0.835. The van der Waals surface area contributed by atoms with E-state index in [4.69, 9.17) is 0 Å². The highest BCUT2D eigenvalue weighted by Crippen LogP contribution is 2.26. The van der Waals surface area contributed by atoms with Crippen LogP contribution in [-0.2, 0) is 10.2 Å². The highest BCUT2D eigenvalue weighted by molar-refractivity contribution is 5.99. The van der Waals surface area contributed by atoms with Crippen molar-refractivity contribution < 1.29 is 14.0 Å². The number of nitrogens with one attached hydrogen (secondary N) is 3. The van der Waals surface area contributed by atoms with Crippen molar-refractivity contribution in [1.29, 1.82) is 0 Å². The molecule has 0 aliphatic rings. The van der Waals surface area contributed by atoms with Crippen molar-refractivity contribution in [2.75, 3.05) is 17.7 Å². The van der Waals surface area contributed by atoms with Gasteiger partial charge in [0.15, 0.2) is 0 Å². The fraction of sp³-hybridized carbons (Fsp3) is 0.222. The van der Waals surface area contributed by atoms with Gasteiger partial charge >= 0.3 is 6.03 Å². The molecule has 0 saturated carbocycles. The monoisotopic (exact) mass is 329 g/mol. The molecule has 0 atom stereocenters. The van der Waals surface area contributed by atoms with Crippen LogP contribution in [0.25, 0.3) is 0 Å². The Balaban J connectivity index is 2.15. The lowest BCUT2D eigenvalue weighted by molar-refractivity contribution is -0.120. The maximum Gasteiger partial charge on any atom is 0.318 e. The molecule has 126 valence electrons. The second-order valence-electron chi connectivity index (χ2n) is 5.87. The number of carbonyl (C=O) groups is 2. The number of amides is 3. The topological polar surface area (TPSA) is 70.2 Å². The van der Waals surface area contributed by atoms with E-state index in [1.54, 1.807) is 50.2 Å². The van der Waals surface area contributed by atoms with Crippen LogP contribution in [0.3, 0.4) is 0 Å². The Labute approximate surface area is 140 Å². The molecule has 0 fully saturated rings. The van der Waals surface area contributed by atoms with Crippen LogP contribution in [0.15, 0.2) is 48.5 Å². The van der Waals surface area contributed by atoms with Crippen LogP contribution in [0.4, 0.5) is 20.6 Å². The number of hydrogen-bond donors (Lipinski definition) is 3. The summed E-state index contributed by atoms with van der Waals surface area (Å²) in [6.45, 7) is 3.53. The average Bonchev–Trinajstić information content (AvgIpc) is 2.55. The van der Waals surface area contributed by atoms with Gasteiger partial charge < -0.3 is 16.0 Å². The number of anilines is 2. The van der Waals surface area contributed by atoms with Crippen LogP contribution in [0.1, 0.15) is 19.4 Å². The van der Waals surface area contributed by atoms with E-state index in [0.717, 1.165) is 0 Å². The molecular weight excluding hydrogens is 309 g/mol. The molecule has 2 rings (SSSR count). The molecule has 2 aromatic carbocycles. The van der Waals surface area contributed by atoms with Crippen LogP contribution in [0.2, 0.25) is 0 Å². The van der Waals surface area contributed by atoms with Crippen molar-refractivity contribution in [1.82, 2.24) is 5.32 Å². The summed E-state index contributed by atoms with van der Waals surface area (Å²) in [5.41, 5.74) is 0.995. The van der Waals surface area contributed by atoms with Crippen molar-refractivity contribution in [3.05, 3.63) is 59.9 Å². The SMILES string of the molecule is CNC(=O)Nc1cccc(NC(=O)C(C)(C)c2ccc(F)cc2)c1. The summed E-state index contributed by atoms with van der Waals surface area (Å²) in [6.07, 6.45) is 0. The third-order valence-corrected chi connectivity index (χ3v) is 3.74. The van der Waals surface area contributed by atoms with Gasteiger partial charge in [0.05, 0.1) is 5.41 Å². The summed E-state index contributed by atoms with van der Waals surface area (Å²) in [6, 6.07) is 12.3. The summed E-state index contributed by atoms with van der Waals surface area (Å²) in [5, 5.41) is 7.92. The molecule has 6 heteroatoms. The molecule has 0 aliphatic heterocycles. The molecule has 0 unspecified atom stereocenters. The first-order chi connectivity index (χ1) is 11.3. The van der Waals surface area contributed by atoms with Crippen molar-refractivity contribution >= 4 is 23.3 Å². The molecule has 24 heavy (non-hydrogen) atoms. The normalized spacial score (nSPS) is 10.8. The zero-order chi connectivity index (χ0) is 17.7. The van der Waals surface area contributed by atoms with Gasteiger partial charge in [-0.15, -0.1) is 0 Å². The Kier molecular flexibility index (Phi) is 5.18. The minimum absolute atomic E-state index is 0.230. The Morgan fingerprint density at radius 1 is 0.958 bits per heavy atom. The lowest BCUT2D eigenvalue weighted by atomic mass is 9.83. The van der Waals surface area contributed by atoms with Gasteiger partial charge in [0.25, 0.3) is 0 Å². The van der Waals surface area contributed by atoms with Crippen LogP contribution in [0, 0.1) is 5.82 Å². The predicted molar refractivity (Wildman–Crippen MR) is 92.6 cm³/mol. The third-order valence-electron chi connectivity index (χ3n) is 3.74. The number of urea groups is 1. The molecule has 0 aromatic heterocycles. The van der Waals surface area contributed by atoms with E-state index in [2.05, 4.69) is 16.0 Å². The van der Waals surface area contributed by atoms with Gasteiger partial charge in [-0.3, -0.25) is 4.79 Å². The second-order valence-corrected chi connectivity index (χ2v) is 5.87. The van der Waals surface area contributed by atoms with Crippen LogP contribution in [0.5, 0.6) is 0 Å². The number of rotatable bonds is 4. The van der Waals surface area contributed by atoms with Gasteiger partial charge in [-0.05, 0) is 49.7 Å². The second kappa shape index (κ2) is 7.12. The van der Waals surface area contributed by atoms with Gasteiger partial charge in [-0.25, -0.2) is 9.18 Å². The summed E-state index contributed by atoms with van der Waals surface area (Å²) in [4.78, 5) is 24.0. The largest absolute Gasteiger partial charge is 0.341 e. The summed E-state index contributed by atoms with van der Waals surface area (Å²) in [5.74, 6) is -0.575. The standard InChI is InChI=1S/C18H20FN3O2/c1-18(2,12-7-9-13(19)10-8-12)16(23)21-14-5-4-6-15(11-14)22-17(24)20-3/h4-11H,1-3H3,(H,21,23)(H2,20,22,24). The fourth-order valence-corrected chi connectivity index (χ4v) is 2.15. The molecule has 0 radical (unpaired) electrons. The molecule has 0 spiro atoms. The molecule has 5 nitrogen and oxygen atoms in total. The highest BCUT2D eigenvalue weighted by Gasteiger charge is 2.29. The van der Waals surface area contributed by atoms with Crippen molar-refractivity contribution in [2.24, 2.45) is 0 Å². The lowest BCUT2D eigenvalue weighted by Crippen LogP contribution is -2.34. The fourth-order valence-electron chi connectivity index (χ4n) is 2.15. The number of benzene rings is 2. The predicted octanol–water partition coefficient (Wildman–Crippen LogP) is 3.49. The van der Waals surface area contributed by atoms with E-state index in [0.29, 0.717) is 16.9 Å². The molecule has 3 amide bonds. The lowest BCUT2D eigenvalue weighted by Gasteiger charge is -2.24. The van der Waals surface area contributed by atoms with E-state index in [1.807, 2.05) is 0 Å². The number of carbonyl (C=O) groups excluding carboxylic acids is 2. The third kappa shape index (κ3) is 4.10. The van der Waals surface area contributed by atoms with Gasteiger partial charge in [0.2, 0.25) is 5.91 Å². The first kappa shape index (κ1) is 17.5. The van der Waals surface area contributed by atoms with Gasteiger partial charge in [0, 0.05) is 18.4 Å². The van der Waals surface area contributed by atoms with E-state index >= 15 is 0 Å². The molecular formula is C18H20FN3O2. The molecule has 0 aliphatic carbocycles. The van der Waals surface area contributed by atoms with Crippen molar-refractivity contribution in [3.8, 4) is 0 Å². The molecule has 0 bridgehead atoms. The maximum absolute atomic E-state index is 13.1. The highest BCUT2D eigenvalue weighted by atomic mass is 19.1. The van der Waals surface area contributed by atoms with E-state index in [1.165, 1.54) is 19.2 Å². The van der Waals surface area contributed by atoms with Gasteiger partial charge in [-0.1, -0.05) is 18.2 Å². The zero-order valence-electron chi connectivity index (χ0n) is 13.8. The summed E-state index contributed by atoms with van der Waals surface area (Å²) >= 11 is 0. The summed E-state index contributed by atoms with van der Waals surface area (Å²) in [7, 11) is 1.52. The Morgan fingerprint density at radius 2 is 1.54 bits per heavy atom. The minimum Gasteiger partial charge on any atom is -0.341 e. The first-order valence-corrected chi connectivity index (χ1v) is 7.49. The smallest absolute Gasteiger partial charge is 0.318 e. The van der Waals surface area contributed by atoms with E-state index in [9.17, 15) is 14.0 Å².